The summed E-state index contributed by atoms with van der Waals surface area (Å²) >= 11 is 0. The SMILES string of the molecule is O=C(O)CC(O)(/C=C\CO)CC(=O)O. The van der Waals surface area contributed by atoms with E-state index in [1.165, 1.54) is 0 Å². The summed E-state index contributed by atoms with van der Waals surface area (Å²) in [5.74, 6) is -2.62. The molecule has 6 nitrogen and oxygen atoms in total. The summed E-state index contributed by atoms with van der Waals surface area (Å²) in [5, 5.41) is 34.8. The van der Waals surface area contributed by atoms with Gasteiger partial charge in [0, 0.05) is 0 Å². The van der Waals surface area contributed by atoms with Gasteiger partial charge in [0.2, 0.25) is 0 Å². The Bertz CT molecular complexity index is 228. The second-order valence-electron chi connectivity index (χ2n) is 2.83. The van der Waals surface area contributed by atoms with Crippen LogP contribution in [0.5, 0.6) is 0 Å². The molecule has 0 aromatic rings. The lowest BCUT2D eigenvalue weighted by Crippen LogP contribution is -2.32. The van der Waals surface area contributed by atoms with E-state index in [2.05, 4.69) is 0 Å². The van der Waals surface area contributed by atoms with Crippen LogP contribution >= 0.6 is 0 Å². The fraction of sp³-hybridized carbons (Fsp3) is 0.500. The number of hydrogen-bond acceptors (Lipinski definition) is 4. The van der Waals surface area contributed by atoms with Crippen LogP contribution in [0.25, 0.3) is 0 Å². The molecule has 0 aliphatic carbocycles. The van der Waals surface area contributed by atoms with Crippen LogP contribution < -0.4 is 0 Å². The highest BCUT2D eigenvalue weighted by molar-refractivity contribution is 5.73. The number of hydrogen-bond donors (Lipinski definition) is 4. The normalized spacial score (nSPS) is 11.9. The minimum Gasteiger partial charge on any atom is -0.481 e. The molecule has 80 valence electrons. The molecule has 0 aromatic heterocycles. The van der Waals surface area contributed by atoms with E-state index in [9.17, 15) is 14.7 Å². The average Bonchev–Trinajstić information content (AvgIpc) is 1.97. The van der Waals surface area contributed by atoms with Crippen LogP contribution in [-0.4, -0.2) is 44.6 Å². The summed E-state index contributed by atoms with van der Waals surface area (Å²) in [6, 6.07) is 0. The summed E-state index contributed by atoms with van der Waals surface area (Å²) in [6.07, 6.45) is 0.659. The monoisotopic (exact) mass is 204 g/mol. The van der Waals surface area contributed by atoms with E-state index in [-0.39, 0.29) is 6.61 Å². The van der Waals surface area contributed by atoms with Gasteiger partial charge in [0.25, 0.3) is 0 Å². The number of aliphatic hydroxyl groups is 2. The molecule has 0 atom stereocenters. The van der Waals surface area contributed by atoms with Crippen molar-refractivity contribution in [1.82, 2.24) is 0 Å². The van der Waals surface area contributed by atoms with Gasteiger partial charge in [-0.1, -0.05) is 12.2 Å². The topological polar surface area (TPSA) is 115 Å². The highest BCUT2D eigenvalue weighted by Gasteiger charge is 2.29. The molecule has 0 rings (SSSR count). The number of carboxylic acid groups (broad SMARTS) is 2. The summed E-state index contributed by atoms with van der Waals surface area (Å²) in [7, 11) is 0. The van der Waals surface area contributed by atoms with E-state index in [0.29, 0.717) is 0 Å². The largest absolute Gasteiger partial charge is 0.481 e. The highest BCUT2D eigenvalue weighted by Crippen LogP contribution is 2.17. The summed E-state index contributed by atoms with van der Waals surface area (Å²) in [5.41, 5.74) is -1.94. The molecule has 0 bridgehead atoms. The van der Waals surface area contributed by atoms with Gasteiger partial charge < -0.3 is 20.4 Å². The van der Waals surface area contributed by atoms with Crippen molar-refractivity contribution < 1.29 is 30.0 Å². The third-order valence-corrected chi connectivity index (χ3v) is 1.45. The molecule has 0 saturated carbocycles. The van der Waals surface area contributed by atoms with Crippen LogP contribution in [0.4, 0.5) is 0 Å². The molecule has 0 unspecified atom stereocenters. The van der Waals surface area contributed by atoms with Crippen molar-refractivity contribution in [3.05, 3.63) is 12.2 Å². The molecular formula is C8H12O6. The van der Waals surface area contributed by atoms with Gasteiger partial charge >= 0.3 is 11.9 Å². The molecule has 0 spiro atoms. The predicted octanol–water partition coefficient (Wildman–Crippen LogP) is -0.785. The molecule has 14 heavy (non-hydrogen) atoms. The van der Waals surface area contributed by atoms with Crippen LogP contribution in [0, 0.1) is 0 Å². The van der Waals surface area contributed by atoms with Crippen LogP contribution in [0.3, 0.4) is 0 Å². The molecule has 4 N–H and O–H groups in total. The van der Waals surface area contributed by atoms with Crippen LogP contribution in [0.15, 0.2) is 12.2 Å². The Hall–Kier alpha value is -1.40. The number of carboxylic acids is 2. The summed E-state index contributed by atoms with van der Waals surface area (Å²) in [6.45, 7) is -0.387. The first kappa shape index (κ1) is 12.6. The maximum atomic E-state index is 10.3. The molecular weight excluding hydrogens is 192 g/mol. The maximum Gasteiger partial charge on any atom is 0.306 e. The molecule has 0 radical (unpaired) electrons. The Balaban J connectivity index is 4.56. The zero-order valence-electron chi connectivity index (χ0n) is 7.38. The molecule has 0 saturated heterocycles. The third-order valence-electron chi connectivity index (χ3n) is 1.45. The van der Waals surface area contributed by atoms with Crippen molar-refractivity contribution in [2.45, 2.75) is 18.4 Å². The molecule has 6 heteroatoms. The number of aliphatic carboxylic acids is 2. The van der Waals surface area contributed by atoms with Crippen molar-refractivity contribution in [3.8, 4) is 0 Å². The van der Waals surface area contributed by atoms with E-state index in [1.54, 1.807) is 0 Å². The van der Waals surface area contributed by atoms with Crippen molar-refractivity contribution in [1.29, 1.82) is 0 Å². The average molecular weight is 204 g/mol. The standard InChI is InChI=1S/C8H12O6/c9-3-1-2-8(14,4-6(10)11)5-7(12)13/h1-2,9,14H,3-5H2,(H,10,11)(H,12,13)/b2-1-. The summed E-state index contributed by atoms with van der Waals surface area (Å²) in [4.78, 5) is 20.6. The number of aliphatic hydroxyl groups excluding tert-OH is 1. The Labute approximate surface area is 80.1 Å². The van der Waals surface area contributed by atoms with Crippen LogP contribution in [-0.2, 0) is 9.59 Å². The van der Waals surface area contributed by atoms with E-state index >= 15 is 0 Å². The van der Waals surface area contributed by atoms with Crippen molar-refractivity contribution in [2.75, 3.05) is 6.61 Å². The van der Waals surface area contributed by atoms with Gasteiger partial charge in [0.05, 0.1) is 19.4 Å². The number of rotatable bonds is 6. The van der Waals surface area contributed by atoms with E-state index < -0.39 is 30.4 Å². The maximum absolute atomic E-state index is 10.3. The first-order chi connectivity index (χ1) is 6.39. The quantitative estimate of drug-likeness (QED) is 0.422. The Kier molecular flexibility index (Phi) is 4.82. The van der Waals surface area contributed by atoms with Gasteiger partial charge in [0.1, 0.15) is 5.60 Å². The van der Waals surface area contributed by atoms with Crippen LogP contribution in [0.1, 0.15) is 12.8 Å². The van der Waals surface area contributed by atoms with Gasteiger partial charge in [-0.15, -0.1) is 0 Å². The zero-order valence-corrected chi connectivity index (χ0v) is 7.38. The highest BCUT2D eigenvalue weighted by atomic mass is 16.4. The molecule has 0 amide bonds. The molecule has 0 aliphatic rings. The van der Waals surface area contributed by atoms with E-state index in [4.69, 9.17) is 15.3 Å². The fourth-order valence-electron chi connectivity index (χ4n) is 0.976. The van der Waals surface area contributed by atoms with Gasteiger partial charge in [0.15, 0.2) is 0 Å². The van der Waals surface area contributed by atoms with E-state index in [0.717, 1.165) is 12.2 Å². The number of carbonyl (C=O) groups is 2. The second-order valence-corrected chi connectivity index (χ2v) is 2.83. The van der Waals surface area contributed by atoms with E-state index in [1.807, 2.05) is 0 Å². The second kappa shape index (κ2) is 5.36. The molecule has 0 aromatic carbocycles. The van der Waals surface area contributed by atoms with Gasteiger partial charge in [-0.25, -0.2) is 0 Å². The van der Waals surface area contributed by atoms with Gasteiger partial charge in [-0.05, 0) is 0 Å². The lowest BCUT2D eigenvalue weighted by Gasteiger charge is -2.19. The van der Waals surface area contributed by atoms with Crippen molar-refractivity contribution in [2.24, 2.45) is 0 Å². The lowest BCUT2D eigenvalue weighted by molar-refractivity contribution is -0.145. The Morgan fingerprint density at radius 2 is 1.57 bits per heavy atom. The first-order valence-corrected chi connectivity index (χ1v) is 3.84. The van der Waals surface area contributed by atoms with Crippen molar-refractivity contribution >= 4 is 11.9 Å². The predicted molar refractivity (Wildman–Crippen MR) is 45.7 cm³/mol. The summed E-state index contributed by atoms with van der Waals surface area (Å²) < 4.78 is 0. The third kappa shape index (κ3) is 5.28. The molecule has 0 aliphatic heterocycles. The van der Waals surface area contributed by atoms with Crippen LogP contribution in [0.2, 0.25) is 0 Å². The van der Waals surface area contributed by atoms with Gasteiger partial charge in [-0.3, -0.25) is 9.59 Å². The molecule has 0 fully saturated rings. The minimum atomic E-state index is -1.94. The molecule has 0 heterocycles. The lowest BCUT2D eigenvalue weighted by atomic mass is 9.95. The first-order valence-electron chi connectivity index (χ1n) is 3.84. The zero-order chi connectivity index (χ0) is 11.2. The Morgan fingerprint density at radius 3 is 1.86 bits per heavy atom. The smallest absolute Gasteiger partial charge is 0.306 e. The van der Waals surface area contributed by atoms with Crippen molar-refractivity contribution in [3.63, 3.8) is 0 Å². The fourth-order valence-corrected chi connectivity index (χ4v) is 0.976. The Morgan fingerprint density at radius 1 is 1.14 bits per heavy atom. The minimum absolute atomic E-state index is 0.387. The van der Waals surface area contributed by atoms with Gasteiger partial charge in [-0.2, -0.15) is 0 Å².